The third kappa shape index (κ3) is 3.10. The predicted molar refractivity (Wildman–Crippen MR) is 75.3 cm³/mol. The van der Waals surface area contributed by atoms with E-state index in [0.717, 1.165) is 16.9 Å². The lowest BCUT2D eigenvalue weighted by Gasteiger charge is -2.21. The maximum atomic E-state index is 12.3. The van der Waals surface area contributed by atoms with Crippen LogP contribution in [0.2, 0.25) is 0 Å². The standard InChI is InChI=1S/C15H20N2O3/c1-10-4-5-13(20-3)12(6-10)9-17(2)15(19)11-7-14(18)16-8-11/h4-6,11H,7-9H2,1-3H3,(H,16,18). The van der Waals surface area contributed by atoms with E-state index in [-0.39, 0.29) is 24.2 Å². The maximum Gasteiger partial charge on any atom is 0.228 e. The molecular formula is C15H20N2O3. The molecule has 1 aliphatic heterocycles. The number of hydrogen-bond acceptors (Lipinski definition) is 3. The molecule has 2 rings (SSSR count). The number of rotatable bonds is 4. The third-order valence-corrected chi connectivity index (χ3v) is 3.55. The lowest BCUT2D eigenvalue weighted by Crippen LogP contribution is -2.33. The van der Waals surface area contributed by atoms with Gasteiger partial charge < -0.3 is 15.0 Å². The zero-order valence-corrected chi connectivity index (χ0v) is 12.1. The number of carbonyl (C=O) groups is 2. The molecule has 20 heavy (non-hydrogen) atoms. The van der Waals surface area contributed by atoms with Crippen molar-refractivity contribution >= 4 is 11.8 Å². The zero-order valence-electron chi connectivity index (χ0n) is 12.1. The van der Waals surface area contributed by atoms with Crippen LogP contribution in [0.3, 0.4) is 0 Å². The molecule has 0 spiro atoms. The summed E-state index contributed by atoms with van der Waals surface area (Å²) in [6.07, 6.45) is 0.286. The molecule has 0 aliphatic carbocycles. The lowest BCUT2D eigenvalue weighted by atomic mass is 10.1. The number of nitrogens with zero attached hydrogens (tertiary/aromatic N) is 1. The van der Waals surface area contributed by atoms with Gasteiger partial charge in [-0.1, -0.05) is 17.7 Å². The molecule has 1 aromatic carbocycles. The van der Waals surface area contributed by atoms with Crippen molar-refractivity contribution in [3.05, 3.63) is 29.3 Å². The Labute approximate surface area is 118 Å². The lowest BCUT2D eigenvalue weighted by molar-refractivity contribution is -0.135. The van der Waals surface area contributed by atoms with Crippen molar-refractivity contribution in [1.82, 2.24) is 10.2 Å². The quantitative estimate of drug-likeness (QED) is 0.896. The van der Waals surface area contributed by atoms with Gasteiger partial charge in [0, 0.05) is 32.1 Å². The number of amides is 2. The predicted octanol–water partition coefficient (Wildman–Crippen LogP) is 1.10. The van der Waals surface area contributed by atoms with Gasteiger partial charge in [0.05, 0.1) is 13.0 Å². The second-order valence-electron chi connectivity index (χ2n) is 5.21. The molecule has 1 heterocycles. The van der Waals surface area contributed by atoms with Crippen LogP contribution in [0, 0.1) is 12.8 Å². The van der Waals surface area contributed by atoms with Crippen LogP contribution in [0.25, 0.3) is 0 Å². The largest absolute Gasteiger partial charge is 0.496 e. The van der Waals surface area contributed by atoms with Crippen LogP contribution in [-0.2, 0) is 16.1 Å². The second-order valence-corrected chi connectivity index (χ2v) is 5.21. The average Bonchev–Trinajstić information content (AvgIpc) is 2.84. The fourth-order valence-electron chi connectivity index (χ4n) is 2.46. The van der Waals surface area contributed by atoms with Gasteiger partial charge in [-0.05, 0) is 13.0 Å². The van der Waals surface area contributed by atoms with Gasteiger partial charge in [-0.25, -0.2) is 0 Å². The van der Waals surface area contributed by atoms with Crippen molar-refractivity contribution in [2.24, 2.45) is 5.92 Å². The number of hydrogen-bond donors (Lipinski definition) is 1. The first kappa shape index (κ1) is 14.4. The monoisotopic (exact) mass is 276 g/mol. The molecule has 108 valence electrons. The Balaban J connectivity index is 2.07. The summed E-state index contributed by atoms with van der Waals surface area (Å²) in [5, 5.41) is 2.69. The van der Waals surface area contributed by atoms with E-state index in [1.165, 1.54) is 0 Å². The molecule has 1 aromatic rings. The van der Waals surface area contributed by atoms with E-state index in [0.29, 0.717) is 13.1 Å². The first-order chi connectivity index (χ1) is 9.51. The Morgan fingerprint density at radius 1 is 1.50 bits per heavy atom. The van der Waals surface area contributed by atoms with Gasteiger partial charge >= 0.3 is 0 Å². The topological polar surface area (TPSA) is 58.6 Å². The van der Waals surface area contributed by atoms with Crippen LogP contribution in [0.15, 0.2) is 18.2 Å². The smallest absolute Gasteiger partial charge is 0.228 e. The van der Waals surface area contributed by atoms with Crippen LogP contribution < -0.4 is 10.1 Å². The third-order valence-electron chi connectivity index (χ3n) is 3.55. The van der Waals surface area contributed by atoms with Crippen molar-refractivity contribution in [2.75, 3.05) is 20.7 Å². The van der Waals surface area contributed by atoms with Crippen LogP contribution in [0.4, 0.5) is 0 Å². The summed E-state index contributed by atoms with van der Waals surface area (Å²) < 4.78 is 5.32. The number of nitrogens with one attached hydrogen (secondary N) is 1. The molecular weight excluding hydrogens is 256 g/mol. The highest BCUT2D eigenvalue weighted by Crippen LogP contribution is 2.22. The molecule has 1 fully saturated rings. The summed E-state index contributed by atoms with van der Waals surface area (Å²) in [5.74, 6) is 0.468. The molecule has 0 bridgehead atoms. The second kappa shape index (κ2) is 5.94. The fourth-order valence-corrected chi connectivity index (χ4v) is 2.46. The van der Waals surface area contributed by atoms with Gasteiger partial charge in [-0.3, -0.25) is 9.59 Å². The van der Waals surface area contributed by atoms with Gasteiger partial charge in [-0.15, -0.1) is 0 Å². The summed E-state index contributed by atoms with van der Waals surface area (Å²) in [4.78, 5) is 25.1. The van der Waals surface area contributed by atoms with Crippen LogP contribution in [0.5, 0.6) is 5.75 Å². The number of methoxy groups -OCH3 is 1. The van der Waals surface area contributed by atoms with Crippen molar-refractivity contribution in [1.29, 1.82) is 0 Å². The first-order valence-corrected chi connectivity index (χ1v) is 6.66. The van der Waals surface area contributed by atoms with E-state index < -0.39 is 0 Å². The van der Waals surface area contributed by atoms with Crippen LogP contribution in [0.1, 0.15) is 17.5 Å². The van der Waals surface area contributed by atoms with Crippen LogP contribution >= 0.6 is 0 Å². The van der Waals surface area contributed by atoms with Gasteiger partial charge in [0.1, 0.15) is 5.75 Å². The van der Waals surface area contributed by atoms with Gasteiger partial charge in [0.2, 0.25) is 11.8 Å². The Morgan fingerprint density at radius 3 is 2.85 bits per heavy atom. The Hall–Kier alpha value is -2.04. The van der Waals surface area contributed by atoms with E-state index >= 15 is 0 Å². The molecule has 0 aromatic heterocycles. The molecule has 0 saturated carbocycles. The molecule has 0 radical (unpaired) electrons. The molecule has 1 N–H and O–H groups in total. The Kier molecular flexibility index (Phi) is 4.27. The first-order valence-electron chi connectivity index (χ1n) is 6.66. The summed E-state index contributed by atoms with van der Waals surface area (Å²) in [6.45, 7) is 2.92. The highest BCUT2D eigenvalue weighted by atomic mass is 16.5. The van der Waals surface area contributed by atoms with E-state index in [2.05, 4.69) is 5.32 Å². The highest BCUT2D eigenvalue weighted by molar-refractivity contribution is 5.89. The average molecular weight is 276 g/mol. The fraction of sp³-hybridized carbons (Fsp3) is 0.467. The minimum atomic E-state index is -0.247. The van der Waals surface area contributed by atoms with E-state index in [9.17, 15) is 9.59 Å². The minimum Gasteiger partial charge on any atom is -0.496 e. The zero-order chi connectivity index (χ0) is 14.7. The Morgan fingerprint density at radius 2 is 2.25 bits per heavy atom. The number of ether oxygens (including phenoxy) is 1. The SMILES string of the molecule is COc1ccc(C)cc1CN(C)C(=O)C1CNC(=O)C1. The normalized spacial score (nSPS) is 17.8. The van der Waals surface area contributed by atoms with Crippen molar-refractivity contribution in [2.45, 2.75) is 19.9 Å². The maximum absolute atomic E-state index is 12.3. The molecule has 1 saturated heterocycles. The van der Waals surface area contributed by atoms with Gasteiger partial charge in [0.15, 0.2) is 0 Å². The molecule has 5 nitrogen and oxygen atoms in total. The van der Waals surface area contributed by atoms with Gasteiger partial charge in [-0.2, -0.15) is 0 Å². The number of benzene rings is 1. The number of aryl methyl sites for hydroxylation is 1. The number of carbonyl (C=O) groups excluding carboxylic acids is 2. The molecule has 1 unspecified atom stereocenters. The summed E-state index contributed by atoms with van der Waals surface area (Å²) in [5.41, 5.74) is 2.10. The highest BCUT2D eigenvalue weighted by Gasteiger charge is 2.30. The summed E-state index contributed by atoms with van der Waals surface area (Å²) in [7, 11) is 3.38. The molecule has 1 aliphatic rings. The van der Waals surface area contributed by atoms with Crippen molar-refractivity contribution in [3.63, 3.8) is 0 Å². The van der Waals surface area contributed by atoms with E-state index in [4.69, 9.17) is 4.74 Å². The van der Waals surface area contributed by atoms with E-state index in [1.807, 2.05) is 25.1 Å². The van der Waals surface area contributed by atoms with Gasteiger partial charge in [0.25, 0.3) is 0 Å². The molecule has 2 amide bonds. The summed E-state index contributed by atoms with van der Waals surface area (Å²) in [6, 6.07) is 5.90. The van der Waals surface area contributed by atoms with Crippen LogP contribution in [-0.4, -0.2) is 37.4 Å². The van der Waals surface area contributed by atoms with Crippen molar-refractivity contribution < 1.29 is 14.3 Å². The van der Waals surface area contributed by atoms with Crippen molar-refractivity contribution in [3.8, 4) is 5.75 Å². The van der Waals surface area contributed by atoms with E-state index in [1.54, 1.807) is 19.1 Å². The minimum absolute atomic E-state index is 0.00749. The summed E-state index contributed by atoms with van der Waals surface area (Å²) >= 11 is 0. The molecule has 5 heteroatoms. The molecule has 1 atom stereocenters. The Bertz CT molecular complexity index is 528.